The second-order valence-corrected chi connectivity index (χ2v) is 7.58. The number of aromatic nitrogens is 3. The largest absolute Gasteiger partial charge is 0.258 e. The summed E-state index contributed by atoms with van der Waals surface area (Å²) in [5.74, 6) is 2.34. The normalized spacial score (nSPS) is 11.0. The van der Waals surface area contributed by atoms with Crippen molar-refractivity contribution < 1.29 is 8.42 Å². The number of nitriles is 1. The molecule has 0 spiro atoms. The summed E-state index contributed by atoms with van der Waals surface area (Å²) in [6, 6.07) is 10.8. The smallest absolute Gasteiger partial charge is 0.235 e. The molecule has 1 aromatic carbocycles. The molecular weight excluding hydrogens is 350 g/mol. The van der Waals surface area contributed by atoms with Crippen LogP contribution in [0.25, 0.3) is 16.9 Å². The quantitative estimate of drug-likeness (QED) is 0.646. The van der Waals surface area contributed by atoms with E-state index in [0.717, 1.165) is 5.56 Å². The summed E-state index contributed by atoms with van der Waals surface area (Å²) in [4.78, 5) is 4.18. The van der Waals surface area contributed by atoms with Crippen LogP contribution in [-0.4, -0.2) is 35.3 Å². The fourth-order valence-corrected chi connectivity index (χ4v) is 3.62. The van der Waals surface area contributed by atoms with Crippen molar-refractivity contribution in [2.75, 3.05) is 16.6 Å². The molecule has 3 rings (SSSR count). The van der Waals surface area contributed by atoms with E-state index in [9.17, 15) is 8.42 Å². The van der Waals surface area contributed by atoms with Gasteiger partial charge < -0.3 is 0 Å². The van der Waals surface area contributed by atoms with Gasteiger partial charge in [-0.25, -0.2) is 17.9 Å². The van der Waals surface area contributed by atoms with Crippen molar-refractivity contribution in [3.8, 4) is 29.7 Å². The van der Waals surface area contributed by atoms with Gasteiger partial charge in [0, 0.05) is 11.8 Å². The van der Waals surface area contributed by atoms with E-state index in [0.29, 0.717) is 22.6 Å². The molecule has 7 nitrogen and oxygen atoms in total. The molecule has 0 unspecified atom stereocenters. The van der Waals surface area contributed by atoms with E-state index < -0.39 is 10.0 Å². The first-order chi connectivity index (χ1) is 12.5. The number of anilines is 1. The number of benzene rings is 1. The highest BCUT2D eigenvalue weighted by molar-refractivity contribution is 7.92. The summed E-state index contributed by atoms with van der Waals surface area (Å²) in [6.07, 6.45) is 8.38. The zero-order valence-corrected chi connectivity index (χ0v) is 14.8. The molecule has 0 saturated heterocycles. The number of fused-ring (bicyclic) bond motifs is 1. The third kappa shape index (κ3) is 2.99. The average Bonchev–Trinajstić information content (AvgIpc) is 3.09. The fraction of sp³-hybridized carbons (Fsp3) is 0.167. The van der Waals surface area contributed by atoms with Crippen LogP contribution in [0, 0.1) is 23.7 Å². The van der Waals surface area contributed by atoms with Crippen LogP contribution in [0.4, 0.5) is 5.69 Å². The Morgan fingerprint density at radius 3 is 2.85 bits per heavy atom. The van der Waals surface area contributed by atoms with E-state index in [1.54, 1.807) is 41.9 Å². The Bertz CT molecular complexity index is 1150. The predicted octanol–water partition coefficient (Wildman–Crippen LogP) is 2.06. The molecule has 0 fully saturated rings. The topological polar surface area (TPSA) is 91.4 Å². The number of sulfonamides is 1. The fourth-order valence-electron chi connectivity index (χ4n) is 2.60. The van der Waals surface area contributed by atoms with Crippen molar-refractivity contribution in [2.45, 2.75) is 6.92 Å². The maximum absolute atomic E-state index is 12.4. The summed E-state index contributed by atoms with van der Waals surface area (Å²) in [6.45, 7) is 1.52. The van der Waals surface area contributed by atoms with E-state index in [4.69, 9.17) is 11.7 Å². The Kier molecular flexibility index (Phi) is 4.61. The maximum Gasteiger partial charge on any atom is 0.235 e. The molecule has 26 heavy (non-hydrogen) atoms. The second kappa shape index (κ2) is 6.87. The van der Waals surface area contributed by atoms with Crippen molar-refractivity contribution >= 4 is 21.4 Å². The van der Waals surface area contributed by atoms with E-state index in [1.807, 2.05) is 12.1 Å². The second-order valence-electron chi connectivity index (χ2n) is 5.40. The summed E-state index contributed by atoms with van der Waals surface area (Å²) in [7, 11) is -3.50. The van der Waals surface area contributed by atoms with Crippen LogP contribution in [-0.2, 0) is 10.0 Å². The minimum Gasteiger partial charge on any atom is -0.258 e. The molecule has 2 heterocycles. The van der Waals surface area contributed by atoms with Crippen molar-refractivity contribution in [3.63, 3.8) is 0 Å². The monoisotopic (exact) mass is 365 g/mol. The summed E-state index contributed by atoms with van der Waals surface area (Å²) in [5.41, 5.74) is 2.70. The summed E-state index contributed by atoms with van der Waals surface area (Å²) < 4.78 is 27.5. The molecule has 0 radical (unpaired) electrons. The molecule has 0 bridgehead atoms. The highest BCUT2D eigenvalue weighted by atomic mass is 32.2. The molecule has 0 aliphatic carbocycles. The Hall–Kier alpha value is -3.36. The highest BCUT2D eigenvalue weighted by Crippen LogP contribution is 2.27. The molecule has 0 N–H and O–H groups in total. The van der Waals surface area contributed by atoms with Crippen LogP contribution in [0.2, 0.25) is 0 Å². The number of nitrogens with zero attached hydrogens (tertiary/aromatic N) is 5. The third-order valence-corrected chi connectivity index (χ3v) is 5.63. The first kappa shape index (κ1) is 17.5. The number of terminal acetylenes is 1. The van der Waals surface area contributed by atoms with Crippen LogP contribution in [0.15, 0.2) is 42.7 Å². The van der Waals surface area contributed by atoms with Crippen LogP contribution in [0.3, 0.4) is 0 Å². The van der Waals surface area contributed by atoms with Crippen LogP contribution < -0.4 is 4.31 Å². The van der Waals surface area contributed by atoms with E-state index in [1.165, 1.54) is 10.5 Å². The molecule has 0 atom stereocenters. The van der Waals surface area contributed by atoms with Crippen molar-refractivity contribution in [3.05, 3.63) is 48.3 Å². The average molecular weight is 365 g/mol. The van der Waals surface area contributed by atoms with E-state index in [-0.39, 0.29) is 12.3 Å². The first-order valence-corrected chi connectivity index (χ1v) is 9.40. The van der Waals surface area contributed by atoms with Crippen LogP contribution in [0.5, 0.6) is 0 Å². The zero-order chi connectivity index (χ0) is 18.7. The van der Waals surface area contributed by atoms with Gasteiger partial charge in [0.05, 0.1) is 29.9 Å². The van der Waals surface area contributed by atoms with Gasteiger partial charge >= 0.3 is 0 Å². The SMILES string of the molecule is C#CCN(c1cccc(-c2ccnc3c(C#N)cnn23)c1)S(=O)(=O)CC. The lowest BCUT2D eigenvalue weighted by Gasteiger charge is -2.22. The summed E-state index contributed by atoms with van der Waals surface area (Å²) in [5, 5.41) is 13.4. The maximum atomic E-state index is 12.4. The third-order valence-electron chi connectivity index (χ3n) is 3.89. The number of hydrogen-bond donors (Lipinski definition) is 0. The van der Waals surface area contributed by atoms with Gasteiger partial charge in [-0.15, -0.1) is 6.42 Å². The Labute approximate surface area is 151 Å². The molecule has 0 amide bonds. The standard InChI is InChI=1S/C18H15N5O2S/c1-3-10-22(26(24,25)4-2)16-7-5-6-14(11-16)17-8-9-20-18-15(12-19)13-21-23(17)18/h1,5-9,11,13H,4,10H2,2H3. The van der Waals surface area contributed by atoms with Gasteiger partial charge in [-0.05, 0) is 25.1 Å². The highest BCUT2D eigenvalue weighted by Gasteiger charge is 2.20. The van der Waals surface area contributed by atoms with E-state index >= 15 is 0 Å². The first-order valence-electron chi connectivity index (χ1n) is 7.79. The molecule has 3 aromatic rings. The minimum atomic E-state index is -3.50. The minimum absolute atomic E-state index is 0.0499. The zero-order valence-electron chi connectivity index (χ0n) is 14.0. The van der Waals surface area contributed by atoms with Gasteiger partial charge in [-0.2, -0.15) is 10.4 Å². The Balaban J connectivity index is 2.15. The molecule has 0 saturated carbocycles. The lowest BCUT2D eigenvalue weighted by Crippen LogP contribution is -2.32. The number of hydrogen-bond acceptors (Lipinski definition) is 5. The van der Waals surface area contributed by atoms with Gasteiger partial charge in [0.15, 0.2) is 5.65 Å². The van der Waals surface area contributed by atoms with Gasteiger partial charge in [0.2, 0.25) is 10.0 Å². The number of rotatable bonds is 5. The van der Waals surface area contributed by atoms with E-state index in [2.05, 4.69) is 16.0 Å². The van der Waals surface area contributed by atoms with Crippen LogP contribution >= 0.6 is 0 Å². The summed E-state index contributed by atoms with van der Waals surface area (Å²) >= 11 is 0. The molecule has 2 aromatic heterocycles. The van der Waals surface area contributed by atoms with Crippen molar-refractivity contribution in [2.24, 2.45) is 0 Å². The predicted molar refractivity (Wildman–Crippen MR) is 98.8 cm³/mol. The Morgan fingerprint density at radius 1 is 1.35 bits per heavy atom. The van der Waals surface area contributed by atoms with Gasteiger partial charge in [-0.1, -0.05) is 18.1 Å². The molecule has 130 valence electrons. The van der Waals surface area contributed by atoms with Gasteiger partial charge in [-0.3, -0.25) is 4.31 Å². The van der Waals surface area contributed by atoms with Crippen LogP contribution in [0.1, 0.15) is 12.5 Å². The van der Waals surface area contributed by atoms with Gasteiger partial charge in [0.25, 0.3) is 0 Å². The molecule has 0 aliphatic heterocycles. The Morgan fingerprint density at radius 2 is 2.15 bits per heavy atom. The van der Waals surface area contributed by atoms with Crippen molar-refractivity contribution in [1.29, 1.82) is 5.26 Å². The molecular formula is C18H15N5O2S. The molecule has 8 heteroatoms. The lowest BCUT2D eigenvalue weighted by atomic mass is 10.1. The van der Waals surface area contributed by atoms with Crippen molar-refractivity contribution in [1.82, 2.24) is 14.6 Å². The lowest BCUT2D eigenvalue weighted by molar-refractivity contribution is 0.594. The molecule has 0 aliphatic rings. The van der Waals surface area contributed by atoms with Gasteiger partial charge in [0.1, 0.15) is 11.6 Å².